The molecule has 3 aliphatic rings. The van der Waals surface area contributed by atoms with Crippen LogP contribution in [0.15, 0.2) is 48.5 Å². The van der Waals surface area contributed by atoms with Crippen molar-refractivity contribution in [2.75, 3.05) is 24.0 Å². The van der Waals surface area contributed by atoms with E-state index in [0.29, 0.717) is 17.7 Å². The van der Waals surface area contributed by atoms with Crippen LogP contribution in [0.2, 0.25) is 10.2 Å². The minimum absolute atomic E-state index is 0.0839. The number of nitrogens with one attached hydrogen (secondary N) is 1. The van der Waals surface area contributed by atoms with Crippen molar-refractivity contribution in [1.82, 2.24) is 9.88 Å². The van der Waals surface area contributed by atoms with E-state index in [1.54, 1.807) is 35.2 Å². The molecule has 6 rings (SSSR count). The molecule has 4 heterocycles. The van der Waals surface area contributed by atoms with E-state index in [2.05, 4.69) is 31.1 Å². The van der Waals surface area contributed by atoms with Crippen LogP contribution in [0.4, 0.5) is 15.9 Å². The summed E-state index contributed by atoms with van der Waals surface area (Å²) in [6, 6.07) is 11.1. The summed E-state index contributed by atoms with van der Waals surface area (Å²) in [5, 5.41) is 2.98. The molecule has 4 atom stereocenters. The quantitative estimate of drug-likeness (QED) is 0.381. The average molecular weight is 627 g/mol. The Morgan fingerprint density at radius 2 is 1.93 bits per heavy atom. The molecule has 43 heavy (non-hydrogen) atoms. The van der Waals surface area contributed by atoms with E-state index in [1.165, 1.54) is 25.3 Å². The molecule has 2 saturated heterocycles. The second kappa shape index (κ2) is 10.2. The first kappa shape index (κ1) is 29.3. The zero-order valence-electron chi connectivity index (χ0n) is 24.0. The monoisotopic (exact) mass is 625 g/mol. The van der Waals surface area contributed by atoms with Crippen molar-refractivity contribution in [3.05, 3.63) is 81.2 Å². The predicted octanol–water partition coefficient (Wildman–Crippen LogP) is 5.10. The third-order valence-corrected chi connectivity index (χ3v) is 9.21. The van der Waals surface area contributed by atoms with Gasteiger partial charge in [0.25, 0.3) is 0 Å². The van der Waals surface area contributed by atoms with Gasteiger partial charge < -0.3 is 15.8 Å². The molecule has 3 amide bonds. The molecule has 3 aliphatic heterocycles. The van der Waals surface area contributed by atoms with Crippen molar-refractivity contribution in [2.45, 2.75) is 50.6 Å². The van der Waals surface area contributed by atoms with Crippen LogP contribution in [0.5, 0.6) is 5.75 Å². The number of pyridine rings is 1. The van der Waals surface area contributed by atoms with Gasteiger partial charge in [-0.1, -0.05) is 62.2 Å². The van der Waals surface area contributed by atoms with Gasteiger partial charge >= 0.3 is 0 Å². The largest absolute Gasteiger partial charge is 0.495 e. The Hall–Kier alpha value is -3.73. The van der Waals surface area contributed by atoms with Crippen LogP contribution in [0.25, 0.3) is 0 Å². The molecule has 0 aliphatic carbocycles. The lowest BCUT2D eigenvalue weighted by molar-refractivity contribution is -0.122. The molecular formula is C31H30Cl2FN5O4. The maximum atomic E-state index is 16.1. The summed E-state index contributed by atoms with van der Waals surface area (Å²) < 4.78 is 21.6. The highest BCUT2D eigenvalue weighted by Gasteiger charge is 2.71. The van der Waals surface area contributed by atoms with Gasteiger partial charge in [0.2, 0.25) is 17.7 Å². The summed E-state index contributed by atoms with van der Waals surface area (Å²) in [6.45, 7) is 6.25. The van der Waals surface area contributed by atoms with Gasteiger partial charge in [-0.2, -0.15) is 0 Å². The number of nitrogens with two attached hydrogens (primary N) is 1. The lowest BCUT2D eigenvalue weighted by Crippen LogP contribution is -2.52. The van der Waals surface area contributed by atoms with Gasteiger partial charge in [-0.15, -0.1) is 0 Å². The lowest BCUT2D eigenvalue weighted by atomic mass is 9.62. The van der Waals surface area contributed by atoms with E-state index in [4.69, 9.17) is 33.7 Å². The number of methoxy groups -OCH3 is 1. The van der Waals surface area contributed by atoms with Crippen molar-refractivity contribution in [3.8, 4) is 5.75 Å². The number of amides is 3. The Labute approximate surface area is 258 Å². The number of carbonyl (C=O) groups excluding carboxylic acids is 3. The number of anilines is 2. The minimum Gasteiger partial charge on any atom is -0.495 e. The van der Waals surface area contributed by atoms with Gasteiger partial charge in [-0.3, -0.25) is 24.2 Å². The average Bonchev–Trinajstić information content (AvgIpc) is 3.52. The number of hydrogen-bond donors (Lipinski definition) is 2. The fraction of sp³-hybridized carbons (Fsp3) is 0.355. The van der Waals surface area contributed by atoms with E-state index in [0.717, 1.165) is 0 Å². The SMILES string of the molecule is COc1cc(C(N)=O)ccc1N1CN2[C@@H](CC(C)(C)C)C3(C(=O)Nc4nc(Cl)ccc43)[C@@H](c3cccc(Cl)c3F)[C@@H]2C1=O. The number of halogens is 3. The summed E-state index contributed by atoms with van der Waals surface area (Å²) in [6.07, 6.45) is 0.483. The Morgan fingerprint density at radius 3 is 2.60 bits per heavy atom. The van der Waals surface area contributed by atoms with Crippen LogP contribution < -0.4 is 20.7 Å². The summed E-state index contributed by atoms with van der Waals surface area (Å²) in [5.74, 6) is -2.47. The zero-order valence-corrected chi connectivity index (χ0v) is 25.5. The maximum absolute atomic E-state index is 16.1. The van der Waals surface area contributed by atoms with E-state index in [9.17, 15) is 14.4 Å². The van der Waals surface area contributed by atoms with E-state index in [-0.39, 0.29) is 56.8 Å². The van der Waals surface area contributed by atoms with E-state index in [1.807, 2.05) is 4.90 Å². The predicted molar refractivity (Wildman–Crippen MR) is 161 cm³/mol. The van der Waals surface area contributed by atoms with Crippen LogP contribution >= 0.6 is 23.2 Å². The minimum atomic E-state index is -1.39. The smallest absolute Gasteiger partial charge is 0.248 e. The molecule has 224 valence electrons. The molecule has 3 aromatic rings. The molecule has 1 spiro atoms. The number of rotatable bonds is 5. The number of ether oxygens (including phenoxy) is 1. The Kier molecular flexibility index (Phi) is 6.95. The van der Waals surface area contributed by atoms with Gasteiger partial charge in [0.1, 0.15) is 28.0 Å². The molecule has 2 aromatic carbocycles. The molecule has 0 radical (unpaired) electrons. The molecule has 0 saturated carbocycles. The summed E-state index contributed by atoms with van der Waals surface area (Å²) >= 11 is 12.5. The third-order valence-electron chi connectivity index (χ3n) is 8.71. The Morgan fingerprint density at radius 1 is 1.19 bits per heavy atom. The highest BCUT2D eigenvalue weighted by Crippen LogP contribution is 2.61. The molecule has 9 nitrogen and oxygen atoms in total. The van der Waals surface area contributed by atoms with Gasteiger partial charge in [0, 0.05) is 23.1 Å². The van der Waals surface area contributed by atoms with Gasteiger partial charge in [0.15, 0.2) is 0 Å². The van der Waals surface area contributed by atoms with Crippen molar-refractivity contribution >= 4 is 52.4 Å². The number of fused-ring (bicyclic) bond motifs is 3. The number of primary amides is 1. The maximum Gasteiger partial charge on any atom is 0.248 e. The number of carbonyl (C=O) groups is 3. The molecule has 2 fully saturated rings. The summed E-state index contributed by atoms with van der Waals surface area (Å²) in [5.41, 5.74) is 5.14. The van der Waals surface area contributed by atoms with Gasteiger partial charge in [0.05, 0.1) is 30.5 Å². The van der Waals surface area contributed by atoms with Crippen LogP contribution in [0, 0.1) is 11.2 Å². The first-order chi connectivity index (χ1) is 20.3. The first-order valence-corrected chi connectivity index (χ1v) is 14.5. The number of aromatic nitrogens is 1. The molecular weight excluding hydrogens is 596 g/mol. The lowest BCUT2D eigenvalue weighted by Gasteiger charge is -2.40. The fourth-order valence-corrected chi connectivity index (χ4v) is 7.42. The van der Waals surface area contributed by atoms with Crippen molar-refractivity contribution in [3.63, 3.8) is 0 Å². The molecule has 1 aromatic heterocycles. The van der Waals surface area contributed by atoms with Crippen LogP contribution in [-0.2, 0) is 15.0 Å². The van der Waals surface area contributed by atoms with Gasteiger partial charge in [-0.05, 0) is 47.7 Å². The first-order valence-electron chi connectivity index (χ1n) is 13.8. The Bertz CT molecular complexity index is 1700. The normalized spacial score (nSPS) is 24.8. The Balaban J connectivity index is 1.60. The van der Waals surface area contributed by atoms with E-state index >= 15 is 4.39 Å². The summed E-state index contributed by atoms with van der Waals surface area (Å²) in [4.78, 5) is 48.7. The van der Waals surface area contributed by atoms with Crippen LogP contribution in [0.1, 0.15) is 54.6 Å². The summed E-state index contributed by atoms with van der Waals surface area (Å²) in [7, 11) is 1.44. The second-order valence-electron chi connectivity index (χ2n) is 12.4. The number of nitrogens with zero attached hydrogens (tertiary/aromatic N) is 3. The van der Waals surface area contributed by atoms with Crippen LogP contribution in [-0.4, -0.2) is 53.5 Å². The van der Waals surface area contributed by atoms with Crippen LogP contribution in [0.3, 0.4) is 0 Å². The zero-order chi connectivity index (χ0) is 31.0. The third kappa shape index (κ3) is 4.38. The fourth-order valence-electron chi connectivity index (χ4n) is 7.09. The topological polar surface area (TPSA) is 118 Å². The van der Waals surface area contributed by atoms with Crippen molar-refractivity contribution in [2.24, 2.45) is 11.1 Å². The van der Waals surface area contributed by atoms with Crippen molar-refractivity contribution < 1.29 is 23.5 Å². The number of hydrogen-bond acceptors (Lipinski definition) is 6. The van der Waals surface area contributed by atoms with Gasteiger partial charge in [-0.25, -0.2) is 9.37 Å². The van der Waals surface area contributed by atoms with E-state index < -0.39 is 35.1 Å². The molecule has 1 unspecified atom stereocenters. The second-order valence-corrected chi connectivity index (χ2v) is 13.2. The van der Waals surface area contributed by atoms with Crippen molar-refractivity contribution in [1.29, 1.82) is 0 Å². The molecule has 12 heteroatoms. The standard InChI is InChI=1S/C31H30Cl2FN5O4/c1-30(2,3)13-21-31(17-9-11-22(33)36-27(17)37-29(31)42)23(16-6-5-7-18(32)24(16)34)25-28(41)38(14-39(21)25)19-10-8-15(26(35)40)12-20(19)43-4/h5-12,21,23,25H,13-14H2,1-4H3,(H2,35,40)(H,36,37,42)/t21-,23-,25+,31?/m0/s1. The number of benzene rings is 2. The molecule has 3 N–H and O–H groups in total. The highest BCUT2D eigenvalue weighted by atomic mass is 35.5. The highest BCUT2D eigenvalue weighted by molar-refractivity contribution is 6.31. The molecule has 0 bridgehead atoms.